The number of nitrogens with one attached hydrogen (secondary N) is 1. The van der Waals surface area contributed by atoms with E-state index >= 15 is 0 Å². The second-order valence-corrected chi connectivity index (χ2v) is 4.00. The number of carbonyl (C=O) groups is 1. The third-order valence-electron chi connectivity index (χ3n) is 2.71. The lowest BCUT2D eigenvalue weighted by molar-refractivity contribution is -0.115. The Bertz CT molecular complexity index is 454. The number of amides is 1. The molecular weight excluding hydrogens is 198 g/mol. The molecule has 0 atom stereocenters. The lowest BCUT2D eigenvalue weighted by Gasteiger charge is -1.98. The van der Waals surface area contributed by atoms with E-state index in [4.69, 9.17) is 0 Å². The predicted octanol–water partition coefficient (Wildman–Crippen LogP) is 2.67. The lowest BCUT2D eigenvalue weighted by atomic mass is 10.1. The molecule has 0 bridgehead atoms. The van der Waals surface area contributed by atoms with Crippen molar-refractivity contribution < 1.29 is 4.79 Å². The lowest BCUT2D eigenvalue weighted by Crippen LogP contribution is -2.12. The van der Waals surface area contributed by atoms with E-state index in [9.17, 15) is 4.79 Å². The Kier molecular flexibility index (Phi) is 2.91. The molecule has 1 aliphatic rings. The summed E-state index contributed by atoms with van der Waals surface area (Å²) >= 11 is 0. The van der Waals surface area contributed by atoms with Gasteiger partial charge in [-0.1, -0.05) is 37.8 Å². The van der Waals surface area contributed by atoms with Gasteiger partial charge in [-0.05, 0) is 23.6 Å². The van der Waals surface area contributed by atoms with Gasteiger partial charge in [0.25, 0.3) is 5.91 Å². The highest BCUT2D eigenvalue weighted by Crippen LogP contribution is 2.19. The highest BCUT2D eigenvalue weighted by Gasteiger charge is 2.18. The molecule has 82 valence electrons. The molecule has 1 amide bonds. The largest absolute Gasteiger partial charge is 0.326 e. The van der Waals surface area contributed by atoms with Gasteiger partial charge in [0, 0.05) is 17.7 Å². The molecule has 1 aliphatic heterocycles. The number of hydrogen-bond acceptors (Lipinski definition) is 1. The Morgan fingerprint density at radius 1 is 1.38 bits per heavy atom. The molecule has 1 saturated heterocycles. The van der Waals surface area contributed by atoms with Gasteiger partial charge in [-0.25, -0.2) is 0 Å². The van der Waals surface area contributed by atoms with E-state index in [1.54, 1.807) is 0 Å². The van der Waals surface area contributed by atoms with Gasteiger partial charge in [0.2, 0.25) is 0 Å². The number of benzene rings is 1. The van der Waals surface area contributed by atoms with Crippen molar-refractivity contribution >= 4 is 12.0 Å². The summed E-state index contributed by atoms with van der Waals surface area (Å²) in [5, 5.41) is 2.71. The summed E-state index contributed by atoms with van der Waals surface area (Å²) in [4.78, 5) is 11.5. The number of aryl methyl sites for hydroxylation is 1. The minimum Gasteiger partial charge on any atom is -0.326 e. The molecular formula is C14H15NO. The van der Waals surface area contributed by atoms with E-state index in [-0.39, 0.29) is 5.91 Å². The van der Waals surface area contributed by atoms with Crippen LogP contribution in [0.5, 0.6) is 0 Å². The van der Waals surface area contributed by atoms with Gasteiger partial charge in [0.1, 0.15) is 0 Å². The fraction of sp³-hybridized carbons (Fsp3) is 0.214. The van der Waals surface area contributed by atoms with E-state index in [1.807, 2.05) is 18.2 Å². The Morgan fingerprint density at radius 3 is 2.56 bits per heavy atom. The van der Waals surface area contributed by atoms with Gasteiger partial charge in [0.15, 0.2) is 0 Å². The van der Waals surface area contributed by atoms with Gasteiger partial charge in [-0.2, -0.15) is 0 Å². The van der Waals surface area contributed by atoms with Crippen molar-refractivity contribution in [1.82, 2.24) is 5.32 Å². The van der Waals surface area contributed by atoms with Crippen LogP contribution in [-0.4, -0.2) is 5.91 Å². The Morgan fingerprint density at radius 2 is 2.06 bits per heavy atom. The maximum absolute atomic E-state index is 11.5. The Balaban J connectivity index is 2.22. The van der Waals surface area contributed by atoms with Crippen LogP contribution in [0.4, 0.5) is 0 Å². The van der Waals surface area contributed by atoms with Crippen LogP contribution in [0.25, 0.3) is 6.08 Å². The minimum atomic E-state index is -0.0235. The van der Waals surface area contributed by atoms with Gasteiger partial charge in [-0.3, -0.25) is 4.79 Å². The van der Waals surface area contributed by atoms with Crippen LogP contribution in [0.15, 0.2) is 42.1 Å². The standard InChI is InChI=1S/C14H15NO/c1-3-11-4-6-12(7-5-11)9-13-8-10(2)15-14(13)16/h4-7,9H,2-3,8H2,1H3,(H,15,16). The maximum atomic E-state index is 11.5. The third kappa shape index (κ3) is 2.22. The van der Waals surface area contributed by atoms with Gasteiger partial charge >= 0.3 is 0 Å². The van der Waals surface area contributed by atoms with Crippen molar-refractivity contribution in [2.45, 2.75) is 19.8 Å². The average Bonchev–Trinajstić information content (AvgIpc) is 2.59. The van der Waals surface area contributed by atoms with Crippen molar-refractivity contribution in [2.75, 3.05) is 0 Å². The highest BCUT2D eigenvalue weighted by atomic mass is 16.2. The molecule has 1 aromatic carbocycles. The van der Waals surface area contributed by atoms with Crippen LogP contribution in [-0.2, 0) is 11.2 Å². The predicted molar refractivity (Wildman–Crippen MR) is 65.7 cm³/mol. The quantitative estimate of drug-likeness (QED) is 0.752. The second-order valence-electron chi connectivity index (χ2n) is 4.00. The zero-order valence-electron chi connectivity index (χ0n) is 9.42. The molecule has 2 heteroatoms. The van der Waals surface area contributed by atoms with Crippen molar-refractivity contribution in [3.8, 4) is 0 Å². The fourth-order valence-corrected chi connectivity index (χ4v) is 1.76. The first-order valence-electron chi connectivity index (χ1n) is 5.47. The molecule has 16 heavy (non-hydrogen) atoms. The zero-order chi connectivity index (χ0) is 11.5. The monoisotopic (exact) mass is 213 g/mol. The van der Waals surface area contributed by atoms with Crippen LogP contribution in [0.1, 0.15) is 24.5 Å². The normalized spacial score (nSPS) is 17.9. The molecule has 1 N–H and O–H groups in total. The SMILES string of the molecule is C=C1CC(=Cc2ccc(CC)cc2)C(=O)N1. The topological polar surface area (TPSA) is 29.1 Å². The van der Waals surface area contributed by atoms with Crippen LogP contribution in [0.3, 0.4) is 0 Å². The van der Waals surface area contributed by atoms with Crippen molar-refractivity contribution in [3.05, 3.63) is 53.2 Å². The molecule has 0 aliphatic carbocycles. The first kappa shape index (κ1) is 10.7. The molecule has 1 fully saturated rings. The van der Waals surface area contributed by atoms with Crippen molar-refractivity contribution in [1.29, 1.82) is 0 Å². The zero-order valence-corrected chi connectivity index (χ0v) is 9.42. The second kappa shape index (κ2) is 4.35. The van der Waals surface area contributed by atoms with E-state index < -0.39 is 0 Å². The molecule has 0 spiro atoms. The van der Waals surface area contributed by atoms with Crippen LogP contribution >= 0.6 is 0 Å². The van der Waals surface area contributed by atoms with Crippen LogP contribution in [0, 0.1) is 0 Å². The number of carbonyl (C=O) groups excluding carboxylic acids is 1. The van der Waals surface area contributed by atoms with Gasteiger partial charge in [0.05, 0.1) is 0 Å². The van der Waals surface area contributed by atoms with Gasteiger partial charge < -0.3 is 5.32 Å². The molecule has 0 aromatic heterocycles. The van der Waals surface area contributed by atoms with Crippen molar-refractivity contribution in [3.63, 3.8) is 0 Å². The summed E-state index contributed by atoms with van der Waals surface area (Å²) in [5.74, 6) is -0.0235. The first-order valence-corrected chi connectivity index (χ1v) is 5.47. The smallest absolute Gasteiger partial charge is 0.251 e. The molecule has 2 nitrogen and oxygen atoms in total. The Hall–Kier alpha value is -1.83. The van der Waals surface area contributed by atoms with E-state index in [0.29, 0.717) is 6.42 Å². The van der Waals surface area contributed by atoms with E-state index in [2.05, 4.69) is 31.0 Å². The Labute approximate surface area is 95.7 Å². The summed E-state index contributed by atoms with van der Waals surface area (Å²) in [6, 6.07) is 8.27. The van der Waals surface area contributed by atoms with Crippen molar-refractivity contribution in [2.24, 2.45) is 0 Å². The molecule has 0 saturated carbocycles. The number of allylic oxidation sites excluding steroid dienone is 1. The summed E-state index contributed by atoms with van der Waals surface area (Å²) in [6.45, 7) is 5.88. The fourth-order valence-electron chi connectivity index (χ4n) is 1.76. The molecule has 2 rings (SSSR count). The number of hydrogen-bond donors (Lipinski definition) is 1. The summed E-state index contributed by atoms with van der Waals surface area (Å²) in [5.41, 5.74) is 3.94. The van der Waals surface area contributed by atoms with E-state index in [1.165, 1.54) is 5.56 Å². The first-order chi connectivity index (χ1) is 7.69. The van der Waals surface area contributed by atoms with Crippen LogP contribution < -0.4 is 5.32 Å². The van der Waals surface area contributed by atoms with Crippen LogP contribution in [0.2, 0.25) is 0 Å². The highest BCUT2D eigenvalue weighted by molar-refractivity contribution is 6.02. The molecule has 1 aromatic rings. The summed E-state index contributed by atoms with van der Waals surface area (Å²) in [7, 11) is 0. The minimum absolute atomic E-state index is 0.0235. The van der Waals surface area contributed by atoms with Gasteiger partial charge in [-0.15, -0.1) is 0 Å². The number of rotatable bonds is 2. The average molecular weight is 213 g/mol. The molecule has 0 unspecified atom stereocenters. The molecule has 1 heterocycles. The maximum Gasteiger partial charge on any atom is 0.251 e. The molecule has 0 radical (unpaired) electrons. The third-order valence-corrected chi connectivity index (χ3v) is 2.71. The summed E-state index contributed by atoms with van der Waals surface area (Å²) in [6.07, 6.45) is 3.59. The summed E-state index contributed by atoms with van der Waals surface area (Å²) < 4.78 is 0. The van der Waals surface area contributed by atoms with E-state index in [0.717, 1.165) is 23.3 Å².